The van der Waals surface area contributed by atoms with Crippen molar-refractivity contribution in [3.05, 3.63) is 28.8 Å². The molecule has 1 aromatic rings. The highest BCUT2D eigenvalue weighted by atomic mass is 35.5. The van der Waals surface area contributed by atoms with Crippen LogP contribution in [0.15, 0.2) is 18.2 Å². The summed E-state index contributed by atoms with van der Waals surface area (Å²) in [7, 11) is 0. The Bertz CT molecular complexity index is 391. The molecule has 112 valence electrons. The Morgan fingerprint density at radius 1 is 1.05 bits per heavy atom. The summed E-state index contributed by atoms with van der Waals surface area (Å²) < 4.78 is 5.64. The minimum atomic E-state index is 0.525. The summed E-state index contributed by atoms with van der Waals surface area (Å²) in [4.78, 5) is 10.9. The molecule has 0 fully saturated rings. The van der Waals surface area contributed by atoms with E-state index in [0.29, 0.717) is 22.9 Å². The van der Waals surface area contributed by atoms with Gasteiger partial charge in [-0.05, 0) is 24.6 Å². The van der Waals surface area contributed by atoms with Gasteiger partial charge in [-0.2, -0.15) is 0 Å². The SMILES string of the molecule is CCCCCCCCCCOc1ccc(Cl)cc1C=O. The normalized spacial score (nSPS) is 10.5. The molecule has 2 nitrogen and oxygen atoms in total. The molecule has 0 bridgehead atoms. The summed E-state index contributed by atoms with van der Waals surface area (Å²) in [6.07, 6.45) is 11.0. The molecule has 0 aromatic heterocycles. The number of unbranched alkanes of at least 4 members (excludes halogenated alkanes) is 7. The number of ether oxygens (including phenoxy) is 1. The van der Waals surface area contributed by atoms with E-state index in [2.05, 4.69) is 6.92 Å². The van der Waals surface area contributed by atoms with Crippen LogP contribution >= 0.6 is 11.6 Å². The Labute approximate surface area is 127 Å². The third-order valence-electron chi connectivity index (χ3n) is 3.35. The smallest absolute Gasteiger partial charge is 0.153 e. The van der Waals surface area contributed by atoms with E-state index < -0.39 is 0 Å². The zero-order valence-corrected chi connectivity index (χ0v) is 13.1. The van der Waals surface area contributed by atoms with Gasteiger partial charge in [-0.3, -0.25) is 4.79 Å². The van der Waals surface area contributed by atoms with Gasteiger partial charge >= 0.3 is 0 Å². The molecule has 1 aromatic carbocycles. The molecule has 0 aliphatic carbocycles. The van der Waals surface area contributed by atoms with Crippen molar-refractivity contribution in [2.75, 3.05) is 6.61 Å². The third kappa shape index (κ3) is 6.95. The Kier molecular flexibility index (Phi) is 9.14. The second kappa shape index (κ2) is 10.7. The lowest BCUT2D eigenvalue weighted by Crippen LogP contribution is -2.00. The maximum Gasteiger partial charge on any atom is 0.153 e. The van der Waals surface area contributed by atoms with Crippen molar-refractivity contribution in [2.24, 2.45) is 0 Å². The molecular weight excluding hydrogens is 272 g/mol. The second-order valence-corrected chi connectivity index (χ2v) is 5.56. The topological polar surface area (TPSA) is 26.3 Å². The highest BCUT2D eigenvalue weighted by Crippen LogP contribution is 2.21. The van der Waals surface area contributed by atoms with E-state index in [1.165, 1.54) is 44.9 Å². The first-order chi connectivity index (χ1) is 9.77. The predicted molar refractivity (Wildman–Crippen MR) is 84.9 cm³/mol. The first-order valence-corrected chi connectivity index (χ1v) is 8.03. The number of hydrogen-bond donors (Lipinski definition) is 0. The lowest BCUT2D eigenvalue weighted by atomic mass is 10.1. The maximum atomic E-state index is 10.9. The number of aldehydes is 1. The van der Waals surface area contributed by atoms with E-state index in [0.717, 1.165) is 12.7 Å². The van der Waals surface area contributed by atoms with Gasteiger partial charge < -0.3 is 4.74 Å². The molecule has 0 atom stereocenters. The lowest BCUT2D eigenvalue weighted by molar-refractivity contribution is 0.111. The van der Waals surface area contributed by atoms with Crippen molar-refractivity contribution in [1.29, 1.82) is 0 Å². The average molecular weight is 297 g/mol. The average Bonchev–Trinajstić information content (AvgIpc) is 2.46. The Morgan fingerprint density at radius 3 is 2.35 bits per heavy atom. The minimum Gasteiger partial charge on any atom is -0.493 e. The third-order valence-corrected chi connectivity index (χ3v) is 3.59. The standard InChI is InChI=1S/C17H25ClO2/c1-2-3-4-5-6-7-8-9-12-20-17-11-10-16(18)13-15(17)14-19/h10-11,13-14H,2-9,12H2,1H3. The van der Waals surface area contributed by atoms with Gasteiger partial charge in [-0.25, -0.2) is 0 Å². The largest absolute Gasteiger partial charge is 0.493 e. The molecule has 0 heterocycles. The van der Waals surface area contributed by atoms with Gasteiger partial charge in [0, 0.05) is 5.02 Å². The van der Waals surface area contributed by atoms with E-state index >= 15 is 0 Å². The molecule has 0 radical (unpaired) electrons. The Hall–Kier alpha value is -1.02. The number of benzene rings is 1. The maximum absolute atomic E-state index is 10.9. The van der Waals surface area contributed by atoms with E-state index in [4.69, 9.17) is 16.3 Å². The van der Waals surface area contributed by atoms with E-state index in [9.17, 15) is 4.79 Å². The van der Waals surface area contributed by atoms with Gasteiger partial charge in [-0.15, -0.1) is 0 Å². The van der Waals surface area contributed by atoms with Crippen molar-refractivity contribution in [3.8, 4) is 5.75 Å². The van der Waals surface area contributed by atoms with E-state index in [-0.39, 0.29) is 0 Å². The fourth-order valence-electron chi connectivity index (χ4n) is 2.16. The lowest BCUT2D eigenvalue weighted by Gasteiger charge is -2.08. The van der Waals surface area contributed by atoms with Gasteiger partial charge in [0.1, 0.15) is 5.75 Å². The summed E-state index contributed by atoms with van der Waals surface area (Å²) in [5, 5.41) is 0.562. The quantitative estimate of drug-likeness (QED) is 0.388. The van der Waals surface area contributed by atoms with Crippen molar-refractivity contribution < 1.29 is 9.53 Å². The van der Waals surface area contributed by atoms with Crippen molar-refractivity contribution in [2.45, 2.75) is 58.3 Å². The number of hydrogen-bond acceptors (Lipinski definition) is 2. The summed E-state index contributed by atoms with van der Waals surface area (Å²) >= 11 is 5.84. The molecular formula is C17H25ClO2. The van der Waals surface area contributed by atoms with Crippen LogP contribution in [0.3, 0.4) is 0 Å². The number of carbonyl (C=O) groups excluding carboxylic acids is 1. The molecule has 0 aliphatic rings. The van der Waals surface area contributed by atoms with Gasteiger partial charge in [0.15, 0.2) is 6.29 Å². The van der Waals surface area contributed by atoms with Crippen molar-refractivity contribution in [3.63, 3.8) is 0 Å². The van der Waals surface area contributed by atoms with Crippen LogP contribution in [0, 0.1) is 0 Å². The van der Waals surface area contributed by atoms with Crippen molar-refractivity contribution in [1.82, 2.24) is 0 Å². The molecule has 0 aliphatic heterocycles. The van der Waals surface area contributed by atoms with Gasteiger partial charge in [0.05, 0.1) is 12.2 Å². The van der Waals surface area contributed by atoms with E-state index in [1.807, 2.05) is 0 Å². The summed E-state index contributed by atoms with van der Waals surface area (Å²) in [5.41, 5.74) is 0.525. The van der Waals surface area contributed by atoms with Crippen LogP contribution in [-0.4, -0.2) is 12.9 Å². The number of carbonyl (C=O) groups is 1. The fraction of sp³-hybridized carbons (Fsp3) is 0.588. The minimum absolute atomic E-state index is 0.525. The molecule has 1 rings (SSSR count). The molecule has 0 amide bonds. The second-order valence-electron chi connectivity index (χ2n) is 5.12. The summed E-state index contributed by atoms with van der Waals surface area (Å²) in [6, 6.07) is 5.14. The van der Waals surface area contributed by atoms with Crippen LogP contribution in [0.5, 0.6) is 5.75 Å². The van der Waals surface area contributed by atoms with Crippen LogP contribution in [0.4, 0.5) is 0 Å². The molecule has 0 N–H and O–H groups in total. The number of halogens is 1. The molecule has 20 heavy (non-hydrogen) atoms. The molecule has 0 spiro atoms. The Balaban J connectivity index is 2.11. The first-order valence-electron chi connectivity index (χ1n) is 7.65. The number of rotatable bonds is 11. The molecule has 0 unspecified atom stereocenters. The van der Waals surface area contributed by atoms with Gasteiger partial charge in [0.25, 0.3) is 0 Å². The van der Waals surface area contributed by atoms with Crippen LogP contribution in [0.1, 0.15) is 68.6 Å². The van der Waals surface area contributed by atoms with Crippen LogP contribution in [-0.2, 0) is 0 Å². The zero-order chi connectivity index (χ0) is 14.6. The summed E-state index contributed by atoms with van der Waals surface area (Å²) in [5.74, 6) is 0.632. The molecule has 0 saturated heterocycles. The van der Waals surface area contributed by atoms with Crippen LogP contribution in [0.25, 0.3) is 0 Å². The summed E-state index contributed by atoms with van der Waals surface area (Å²) in [6.45, 7) is 2.90. The van der Waals surface area contributed by atoms with Crippen LogP contribution in [0.2, 0.25) is 5.02 Å². The predicted octanol–water partition coefficient (Wildman–Crippen LogP) is 5.67. The molecule has 3 heteroatoms. The molecule has 0 saturated carbocycles. The Morgan fingerprint density at radius 2 is 1.70 bits per heavy atom. The monoisotopic (exact) mass is 296 g/mol. The highest BCUT2D eigenvalue weighted by Gasteiger charge is 2.03. The zero-order valence-electron chi connectivity index (χ0n) is 12.4. The van der Waals surface area contributed by atoms with Gasteiger partial charge in [0.2, 0.25) is 0 Å². The van der Waals surface area contributed by atoms with E-state index in [1.54, 1.807) is 18.2 Å². The van der Waals surface area contributed by atoms with Crippen LogP contribution < -0.4 is 4.74 Å². The highest BCUT2D eigenvalue weighted by molar-refractivity contribution is 6.30. The fourth-order valence-corrected chi connectivity index (χ4v) is 2.34. The first kappa shape index (κ1) is 17.0. The van der Waals surface area contributed by atoms with Crippen molar-refractivity contribution >= 4 is 17.9 Å². The van der Waals surface area contributed by atoms with Gasteiger partial charge in [-0.1, -0.05) is 63.5 Å².